The van der Waals surface area contributed by atoms with Gasteiger partial charge in [-0.15, -0.1) is 0 Å². The van der Waals surface area contributed by atoms with Gasteiger partial charge in [0.25, 0.3) is 0 Å². The first-order valence-electron chi connectivity index (χ1n) is 4.31. The zero-order valence-corrected chi connectivity index (χ0v) is 7.38. The van der Waals surface area contributed by atoms with Gasteiger partial charge in [0, 0.05) is 13.2 Å². The number of methoxy groups -OCH3 is 1. The number of nitrogens with one attached hydrogen (secondary N) is 1. The summed E-state index contributed by atoms with van der Waals surface area (Å²) < 4.78 is 5.21. The third-order valence-corrected chi connectivity index (χ3v) is 2.31. The molecule has 12 heavy (non-hydrogen) atoms. The summed E-state index contributed by atoms with van der Waals surface area (Å²) in [5.74, 6) is 0. The van der Waals surface area contributed by atoms with Gasteiger partial charge in [0.2, 0.25) is 0 Å². The Labute approximate surface area is 72.5 Å². The van der Waals surface area contributed by atoms with E-state index in [0.717, 1.165) is 25.7 Å². The summed E-state index contributed by atoms with van der Waals surface area (Å²) in [6, 6.07) is -0.224. The van der Waals surface area contributed by atoms with Crippen LogP contribution >= 0.6 is 0 Å². The molecule has 2 atom stereocenters. The first-order chi connectivity index (χ1) is 5.72. The third kappa shape index (κ3) is 2.70. The Bertz CT molecular complexity index is 161. The summed E-state index contributed by atoms with van der Waals surface area (Å²) in [5.41, 5.74) is 5.02. The Morgan fingerprint density at radius 3 is 2.92 bits per heavy atom. The Hall–Kier alpha value is -0.770. The van der Waals surface area contributed by atoms with Crippen LogP contribution in [-0.2, 0) is 4.74 Å². The van der Waals surface area contributed by atoms with Crippen molar-refractivity contribution in [2.24, 2.45) is 5.73 Å². The molecule has 0 aliphatic heterocycles. The molecular formula is C8H16N2O2. The van der Waals surface area contributed by atoms with Gasteiger partial charge in [-0.2, -0.15) is 0 Å². The van der Waals surface area contributed by atoms with E-state index in [4.69, 9.17) is 10.5 Å². The third-order valence-electron chi connectivity index (χ3n) is 2.31. The minimum Gasteiger partial charge on any atom is -0.381 e. The number of carbonyl (C=O) groups excluding carboxylic acids is 1. The predicted octanol–water partition coefficient (Wildman–Crippen LogP) is 0.612. The lowest BCUT2D eigenvalue weighted by atomic mass is 9.93. The van der Waals surface area contributed by atoms with Crippen molar-refractivity contribution >= 4 is 6.03 Å². The summed E-state index contributed by atoms with van der Waals surface area (Å²) in [7, 11) is 1.71. The van der Waals surface area contributed by atoms with Gasteiger partial charge in [-0.3, -0.25) is 0 Å². The van der Waals surface area contributed by atoms with E-state index in [1.807, 2.05) is 0 Å². The molecule has 0 saturated heterocycles. The second-order valence-corrected chi connectivity index (χ2v) is 3.23. The van der Waals surface area contributed by atoms with Gasteiger partial charge in [0.1, 0.15) is 0 Å². The maximum absolute atomic E-state index is 10.5. The van der Waals surface area contributed by atoms with Crippen LogP contribution in [-0.4, -0.2) is 25.3 Å². The number of nitrogens with two attached hydrogens (primary N) is 1. The molecule has 2 amide bonds. The van der Waals surface area contributed by atoms with Gasteiger partial charge in [-0.25, -0.2) is 4.79 Å². The SMILES string of the molecule is COC1CCCC(NC(N)=O)C1. The molecule has 0 aromatic heterocycles. The smallest absolute Gasteiger partial charge is 0.312 e. The normalized spacial score (nSPS) is 29.8. The lowest BCUT2D eigenvalue weighted by Crippen LogP contribution is -2.42. The predicted molar refractivity (Wildman–Crippen MR) is 45.8 cm³/mol. The quantitative estimate of drug-likeness (QED) is 0.641. The van der Waals surface area contributed by atoms with Crippen LogP contribution in [0.25, 0.3) is 0 Å². The molecule has 1 rings (SSSR count). The van der Waals surface area contributed by atoms with Crippen LogP contribution in [0, 0.1) is 0 Å². The van der Waals surface area contributed by atoms with E-state index in [9.17, 15) is 4.79 Å². The second kappa shape index (κ2) is 4.30. The van der Waals surface area contributed by atoms with E-state index in [0.29, 0.717) is 0 Å². The molecule has 0 radical (unpaired) electrons. The van der Waals surface area contributed by atoms with Gasteiger partial charge in [0.15, 0.2) is 0 Å². The largest absolute Gasteiger partial charge is 0.381 e. The van der Waals surface area contributed by atoms with E-state index in [1.165, 1.54) is 0 Å². The monoisotopic (exact) mass is 172 g/mol. The fourth-order valence-electron chi connectivity index (χ4n) is 1.69. The van der Waals surface area contributed by atoms with Crippen LogP contribution in [0.3, 0.4) is 0 Å². The summed E-state index contributed by atoms with van der Waals surface area (Å²) in [5, 5.41) is 2.70. The van der Waals surface area contributed by atoms with Crippen molar-refractivity contribution in [2.75, 3.05) is 7.11 Å². The number of carbonyl (C=O) groups is 1. The summed E-state index contributed by atoms with van der Waals surface area (Å²) in [6.07, 6.45) is 4.38. The van der Waals surface area contributed by atoms with Gasteiger partial charge in [-0.1, -0.05) is 0 Å². The van der Waals surface area contributed by atoms with Crippen LogP contribution in [0.1, 0.15) is 25.7 Å². The highest BCUT2D eigenvalue weighted by Gasteiger charge is 2.21. The summed E-state index contributed by atoms with van der Waals surface area (Å²) in [6.45, 7) is 0. The Balaban J connectivity index is 2.30. The number of primary amides is 1. The number of hydrogen-bond donors (Lipinski definition) is 2. The molecule has 0 spiro atoms. The molecule has 1 fully saturated rings. The van der Waals surface area contributed by atoms with Crippen molar-refractivity contribution in [3.63, 3.8) is 0 Å². The highest BCUT2D eigenvalue weighted by atomic mass is 16.5. The van der Waals surface area contributed by atoms with Crippen LogP contribution in [0.4, 0.5) is 4.79 Å². The maximum Gasteiger partial charge on any atom is 0.312 e. The Morgan fingerprint density at radius 1 is 1.58 bits per heavy atom. The van der Waals surface area contributed by atoms with Gasteiger partial charge < -0.3 is 15.8 Å². The molecule has 1 aliphatic rings. The van der Waals surface area contributed by atoms with Gasteiger partial charge >= 0.3 is 6.03 Å². The second-order valence-electron chi connectivity index (χ2n) is 3.23. The van der Waals surface area contributed by atoms with E-state index >= 15 is 0 Å². The van der Waals surface area contributed by atoms with E-state index < -0.39 is 6.03 Å². The molecule has 0 aromatic rings. The fourth-order valence-corrected chi connectivity index (χ4v) is 1.69. The van der Waals surface area contributed by atoms with E-state index in [1.54, 1.807) is 7.11 Å². The van der Waals surface area contributed by atoms with Gasteiger partial charge in [-0.05, 0) is 25.7 Å². The number of hydrogen-bond acceptors (Lipinski definition) is 2. The summed E-state index contributed by atoms with van der Waals surface area (Å²) >= 11 is 0. The number of rotatable bonds is 2. The minimum atomic E-state index is -0.434. The number of urea groups is 1. The molecule has 2 unspecified atom stereocenters. The maximum atomic E-state index is 10.5. The highest BCUT2D eigenvalue weighted by Crippen LogP contribution is 2.20. The summed E-state index contributed by atoms with van der Waals surface area (Å²) in [4.78, 5) is 10.5. The molecular weight excluding hydrogens is 156 g/mol. The lowest BCUT2D eigenvalue weighted by Gasteiger charge is -2.28. The molecule has 1 aliphatic carbocycles. The number of ether oxygens (including phenoxy) is 1. The van der Waals surface area contributed by atoms with Crippen LogP contribution in [0.15, 0.2) is 0 Å². The molecule has 3 N–H and O–H groups in total. The first-order valence-corrected chi connectivity index (χ1v) is 4.31. The molecule has 1 saturated carbocycles. The molecule has 4 heteroatoms. The van der Waals surface area contributed by atoms with Crippen LogP contribution in [0.5, 0.6) is 0 Å². The standard InChI is InChI=1S/C8H16N2O2/c1-12-7-4-2-3-6(5-7)10-8(9)11/h6-7H,2-5H2,1H3,(H3,9,10,11). The van der Waals surface area contributed by atoms with Crippen molar-refractivity contribution < 1.29 is 9.53 Å². The zero-order chi connectivity index (χ0) is 8.97. The minimum absolute atomic E-state index is 0.209. The van der Waals surface area contributed by atoms with Crippen molar-refractivity contribution in [2.45, 2.75) is 37.8 Å². The van der Waals surface area contributed by atoms with Crippen LogP contribution < -0.4 is 11.1 Å². The van der Waals surface area contributed by atoms with E-state index in [-0.39, 0.29) is 12.1 Å². The lowest BCUT2D eigenvalue weighted by molar-refractivity contribution is 0.0606. The van der Waals surface area contributed by atoms with E-state index in [2.05, 4.69) is 5.32 Å². The molecule has 70 valence electrons. The molecule has 0 bridgehead atoms. The number of amides is 2. The highest BCUT2D eigenvalue weighted by molar-refractivity contribution is 5.71. The Kier molecular flexibility index (Phi) is 3.34. The fraction of sp³-hybridized carbons (Fsp3) is 0.875. The molecule has 0 aromatic carbocycles. The van der Waals surface area contributed by atoms with Crippen molar-refractivity contribution in [3.05, 3.63) is 0 Å². The van der Waals surface area contributed by atoms with Gasteiger partial charge in [0.05, 0.1) is 6.10 Å². The average Bonchev–Trinajstić information content (AvgIpc) is 2.03. The topological polar surface area (TPSA) is 64.3 Å². The van der Waals surface area contributed by atoms with Crippen molar-refractivity contribution in [3.8, 4) is 0 Å². The average molecular weight is 172 g/mol. The first kappa shape index (κ1) is 9.32. The van der Waals surface area contributed by atoms with Crippen molar-refractivity contribution in [1.29, 1.82) is 0 Å². The Morgan fingerprint density at radius 2 is 2.33 bits per heavy atom. The van der Waals surface area contributed by atoms with Crippen LogP contribution in [0.2, 0.25) is 0 Å². The zero-order valence-electron chi connectivity index (χ0n) is 7.38. The van der Waals surface area contributed by atoms with Crippen molar-refractivity contribution in [1.82, 2.24) is 5.32 Å². The molecule has 0 heterocycles. The molecule has 4 nitrogen and oxygen atoms in total.